The van der Waals surface area contributed by atoms with E-state index >= 15 is 0 Å². The molecule has 154 valence electrons. The largest absolute Gasteiger partial charge is 0.461 e. The van der Waals surface area contributed by atoms with E-state index in [1.54, 1.807) is 22.9 Å². The van der Waals surface area contributed by atoms with Gasteiger partial charge in [-0.3, -0.25) is 14.2 Å². The Morgan fingerprint density at radius 1 is 1.17 bits per heavy atom. The van der Waals surface area contributed by atoms with E-state index in [2.05, 4.69) is 19.9 Å². The van der Waals surface area contributed by atoms with E-state index in [0.29, 0.717) is 22.9 Å². The van der Waals surface area contributed by atoms with E-state index in [-0.39, 0.29) is 23.7 Å². The molecular formula is C21H22N6O3. The van der Waals surface area contributed by atoms with Crippen molar-refractivity contribution in [1.82, 2.24) is 24.5 Å². The monoisotopic (exact) mass is 406 g/mol. The van der Waals surface area contributed by atoms with Crippen LogP contribution in [0.15, 0.2) is 53.7 Å². The number of nitrogens with zero attached hydrogens (tertiary/aromatic N) is 4. The zero-order chi connectivity index (χ0) is 21.7. The van der Waals surface area contributed by atoms with Crippen molar-refractivity contribution in [3.05, 3.63) is 64.8 Å². The van der Waals surface area contributed by atoms with E-state index in [1.165, 1.54) is 13.3 Å². The molecule has 4 aromatic rings. The molecule has 0 bridgehead atoms. The lowest BCUT2D eigenvalue weighted by Crippen LogP contribution is -2.07. The number of aromatic amines is 1. The number of hydrogen-bond acceptors (Lipinski definition) is 7. The Bertz CT molecular complexity index is 1230. The number of pyridine rings is 1. The van der Waals surface area contributed by atoms with Gasteiger partial charge < -0.3 is 15.5 Å². The SMILES string of the molecule is CC.CC(=O)OCc1ccc(-n2c(-c3cccnc3N)nc3c(=O)[nH]cnc32)cc1. The molecule has 0 aliphatic rings. The highest BCUT2D eigenvalue weighted by Gasteiger charge is 2.19. The van der Waals surface area contributed by atoms with E-state index in [9.17, 15) is 9.59 Å². The van der Waals surface area contributed by atoms with Gasteiger partial charge in [-0.15, -0.1) is 0 Å². The molecular weight excluding hydrogens is 384 g/mol. The third-order valence-electron chi connectivity index (χ3n) is 4.17. The lowest BCUT2D eigenvalue weighted by atomic mass is 10.2. The van der Waals surface area contributed by atoms with Crippen LogP contribution in [0.2, 0.25) is 0 Å². The van der Waals surface area contributed by atoms with Gasteiger partial charge in [-0.1, -0.05) is 26.0 Å². The number of aromatic nitrogens is 5. The van der Waals surface area contributed by atoms with Gasteiger partial charge in [-0.05, 0) is 29.8 Å². The maximum absolute atomic E-state index is 12.2. The summed E-state index contributed by atoms with van der Waals surface area (Å²) in [6, 6.07) is 10.8. The first-order valence-corrected chi connectivity index (χ1v) is 9.44. The van der Waals surface area contributed by atoms with Gasteiger partial charge in [0.2, 0.25) is 0 Å². The van der Waals surface area contributed by atoms with E-state index in [1.807, 2.05) is 38.1 Å². The molecule has 0 amide bonds. The van der Waals surface area contributed by atoms with Gasteiger partial charge in [0.25, 0.3) is 5.56 Å². The fourth-order valence-corrected chi connectivity index (χ4v) is 2.86. The van der Waals surface area contributed by atoms with Gasteiger partial charge in [0.1, 0.15) is 12.4 Å². The van der Waals surface area contributed by atoms with E-state index in [4.69, 9.17) is 10.5 Å². The number of carbonyl (C=O) groups excluding carboxylic acids is 1. The molecule has 0 aliphatic heterocycles. The molecule has 0 aliphatic carbocycles. The first-order valence-electron chi connectivity index (χ1n) is 9.44. The van der Waals surface area contributed by atoms with Crippen LogP contribution in [0.25, 0.3) is 28.2 Å². The number of nitrogen functional groups attached to an aromatic ring is 1. The van der Waals surface area contributed by atoms with Crippen LogP contribution in [0, 0.1) is 0 Å². The van der Waals surface area contributed by atoms with Gasteiger partial charge in [0.05, 0.1) is 11.9 Å². The second kappa shape index (κ2) is 8.99. The molecule has 0 saturated heterocycles. The van der Waals surface area contributed by atoms with Crippen LogP contribution >= 0.6 is 0 Å². The van der Waals surface area contributed by atoms with Crippen molar-refractivity contribution < 1.29 is 9.53 Å². The number of nitrogens with two attached hydrogens (primary N) is 1. The maximum atomic E-state index is 12.2. The number of hydrogen-bond donors (Lipinski definition) is 2. The van der Waals surface area contributed by atoms with E-state index in [0.717, 1.165) is 11.3 Å². The number of esters is 1. The van der Waals surface area contributed by atoms with Crippen LogP contribution in [0.5, 0.6) is 0 Å². The smallest absolute Gasteiger partial charge is 0.302 e. The Morgan fingerprint density at radius 3 is 2.57 bits per heavy atom. The van der Waals surface area contributed by atoms with Crippen LogP contribution in [0.1, 0.15) is 26.3 Å². The van der Waals surface area contributed by atoms with Crippen LogP contribution < -0.4 is 11.3 Å². The number of H-pyrrole nitrogens is 1. The molecule has 0 spiro atoms. The van der Waals surface area contributed by atoms with Gasteiger partial charge in [0, 0.05) is 18.8 Å². The quantitative estimate of drug-likeness (QED) is 0.499. The molecule has 3 N–H and O–H groups in total. The van der Waals surface area contributed by atoms with Crippen molar-refractivity contribution in [3.63, 3.8) is 0 Å². The number of nitrogens with one attached hydrogen (secondary N) is 1. The molecule has 9 heteroatoms. The van der Waals surface area contributed by atoms with Crippen LogP contribution in [-0.4, -0.2) is 30.5 Å². The van der Waals surface area contributed by atoms with Gasteiger partial charge in [0.15, 0.2) is 17.0 Å². The van der Waals surface area contributed by atoms with Gasteiger partial charge >= 0.3 is 5.97 Å². The lowest BCUT2D eigenvalue weighted by Gasteiger charge is -2.11. The molecule has 0 unspecified atom stereocenters. The molecule has 1 aromatic carbocycles. The molecule has 0 fully saturated rings. The highest BCUT2D eigenvalue weighted by Crippen LogP contribution is 2.29. The normalized spacial score (nSPS) is 10.4. The van der Waals surface area contributed by atoms with Gasteiger partial charge in [-0.2, -0.15) is 0 Å². The van der Waals surface area contributed by atoms with Crippen LogP contribution in [0.4, 0.5) is 5.82 Å². The number of benzene rings is 1. The number of ether oxygens (including phenoxy) is 1. The maximum Gasteiger partial charge on any atom is 0.302 e. The highest BCUT2D eigenvalue weighted by molar-refractivity contribution is 5.82. The molecule has 0 atom stereocenters. The van der Waals surface area contributed by atoms with Crippen molar-refractivity contribution in [3.8, 4) is 17.1 Å². The van der Waals surface area contributed by atoms with E-state index < -0.39 is 0 Å². The molecule has 0 saturated carbocycles. The molecule has 9 nitrogen and oxygen atoms in total. The Hall–Kier alpha value is -4.01. The molecule has 3 heterocycles. The second-order valence-electron chi connectivity index (χ2n) is 6.06. The lowest BCUT2D eigenvalue weighted by molar-refractivity contribution is -0.142. The Labute approximate surface area is 172 Å². The van der Waals surface area contributed by atoms with Crippen LogP contribution in [0.3, 0.4) is 0 Å². The van der Waals surface area contributed by atoms with Crippen molar-refractivity contribution in [2.24, 2.45) is 0 Å². The summed E-state index contributed by atoms with van der Waals surface area (Å²) in [5, 5.41) is 0. The molecule has 30 heavy (non-hydrogen) atoms. The number of imidazole rings is 1. The summed E-state index contributed by atoms with van der Waals surface area (Å²) in [6.45, 7) is 5.54. The summed E-state index contributed by atoms with van der Waals surface area (Å²) < 4.78 is 6.76. The number of carbonyl (C=O) groups is 1. The molecule has 4 rings (SSSR count). The topological polar surface area (TPSA) is 129 Å². The summed E-state index contributed by atoms with van der Waals surface area (Å²) in [6.07, 6.45) is 2.91. The first-order chi connectivity index (χ1) is 14.5. The fourth-order valence-electron chi connectivity index (χ4n) is 2.86. The fraction of sp³-hybridized carbons (Fsp3) is 0.190. The predicted octanol–water partition coefficient (Wildman–Crippen LogP) is 2.84. The van der Waals surface area contributed by atoms with Gasteiger partial charge in [-0.25, -0.2) is 15.0 Å². The summed E-state index contributed by atoms with van der Waals surface area (Å²) in [4.78, 5) is 38.6. The van der Waals surface area contributed by atoms with Crippen molar-refractivity contribution in [2.45, 2.75) is 27.4 Å². The Morgan fingerprint density at radius 2 is 1.90 bits per heavy atom. The number of fused-ring (bicyclic) bond motifs is 1. The minimum Gasteiger partial charge on any atom is -0.461 e. The second-order valence-corrected chi connectivity index (χ2v) is 6.06. The average molecular weight is 406 g/mol. The van der Waals surface area contributed by atoms with Crippen molar-refractivity contribution in [2.75, 3.05) is 5.73 Å². The minimum atomic E-state index is -0.348. The molecule has 3 aromatic heterocycles. The predicted molar refractivity (Wildman–Crippen MR) is 114 cm³/mol. The number of anilines is 1. The van der Waals surface area contributed by atoms with Crippen molar-refractivity contribution in [1.29, 1.82) is 0 Å². The Balaban J connectivity index is 0.00000124. The zero-order valence-electron chi connectivity index (χ0n) is 16.9. The average Bonchev–Trinajstić information content (AvgIpc) is 3.15. The van der Waals surface area contributed by atoms with Crippen molar-refractivity contribution >= 4 is 23.0 Å². The molecule has 0 radical (unpaired) electrons. The standard InChI is InChI=1S/C19H16N6O3.C2H6/c1-11(26)28-9-12-4-6-13(7-5-12)25-17(14-3-2-8-21-16(14)20)24-15-18(25)22-10-23-19(15)27;1-2/h2-8,10H,9H2,1H3,(H2,20,21)(H,22,23,27);1-2H3. The summed E-state index contributed by atoms with van der Waals surface area (Å²) >= 11 is 0. The number of rotatable bonds is 4. The third-order valence-corrected chi connectivity index (χ3v) is 4.17. The summed E-state index contributed by atoms with van der Waals surface area (Å²) in [7, 11) is 0. The summed E-state index contributed by atoms with van der Waals surface area (Å²) in [5.41, 5.74) is 8.43. The zero-order valence-corrected chi connectivity index (χ0v) is 16.9. The Kier molecular flexibility index (Phi) is 6.21. The van der Waals surface area contributed by atoms with Crippen LogP contribution in [-0.2, 0) is 16.1 Å². The summed E-state index contributed by atoms with van der Waals surface area (Å²) in [5.74, 6) is 0.405. The first kappa shape index (κ1) is 20.7. The highest BCUT2D eigenvalue weighted by atomic mass is 16.5. The minimum absolute atomic E-state index is 0.181. The third kappa shape index (κ3) is 4.04.